The largest absolute Gasteiger partial charge is 0.380 e. The number of fused-ring (bicyclic) bond motifs is 2. The van der Waals surface area contributed by atoms with E-state index in [1.54, 1.807) is 12.3 Å². The molecule has 34 heavy (non-hydrogen) atoms. The number of aryl methyl sites for hydroxylation is 1. The standard InChI is InChI=1S/C23H25N7O3S/c1-13-2-3-16-20(26-13)17(6-9-24-16)28-22(32)23(33)7-4-14(5-8-23)25-11-15-10-18-21(30-29-15)34-12-19(31)27-18/h2-3,6,9-10,14,25,33H,4-5,7-8,11-12H2,1H3,(H,27,31)(H,24,28,32)/t14-,23+. The number of anilines is 2. The monoisotopic (exact) mass is 479 g/mol. The van der Waals surface area contributed by atoms with Crippen molar-refractivity contribution in [2.75, 3.05) is 16.4 Å². The number of amides is 2. The van der Waals surface area contributed by atoms with Gasteiger partial charge in [-0.3, -0.25) is 14.6 Å². The van der Waals surface area contributed by atoms with E-state index in [4.69, 9.17) is 0 Å². The lowest BCUT2D eigenvalue weighted by Gasteiger charge is -2.35. The van der Waals surface area contributed by atoms with Crippen molar-refractivity contribution in [1.82, 2.24) is 25.5 Å². The van der Waals surface area contributed by atoms with Crippen LogP contribution in [0, 0.1) is 6.92 Å². The van der Waals surface area contributed by atoms with Gasteiger partial charge in [-0.15, -0.1) is 5.10 Å². The maximum absolute atomic E-state index is 13.0. The third kappa shape index (κ3) is 4.72. The lowest BCUT2D eigenvalue weighted by molar-refractivity contribution is -0.137. The van der Waals surface area contributed by atoms with Crippen LogP contribution in [0.1, 0.15) is 37.1 Å². The summed E-state index contributed by atoms with van der Waals surface area (Å²) in [6.45, 7) is 2.37. The average molecular weight is 480 g/mol. The molecule has 10 nitrogen and oxygen atoms in total. The van der Waals surface area contributed by atoms with Crippen LogP contribution < -0.4 is 16.0 Å². The van der Waals surface area contributed by atoms with E-state index in [0.717, 1.165) is 16.4 Å². The van der Waals surface area contributed by atoms with Crippen molar-refractivity contribution in [3.05, 3.63) is 41.9 Å². The van der Waals surface area contributed by atoms with Crippen molar-refractivity contribution in [3.8, 4) is 0 Å². The van der Waals surface area contributed by atoms with Crippen molar-refractivity contribution in [1.29, 1.82) is 0 Å². The first kappa shape index (κ1) is 22.6. The lowest BCUT2D eigenvalue weighted by atomic mass is 9.81. The molecule has 2 amide bonds. The van der Waals surface area contributed by atoms with E-state index in [9.17, 15) is 14.7 Å². The molecular formula is C23H25N7O3S. The second-order valence-electron chi connectivity index (χ2n) is 8.71. The smallest absolute Gasteiger partial charge is 0.256 e. The number of hydrogen-bond acceptors (Lipinski definition) is 9. The highest BCUT2D eigenvalue weighted by molar-refractivity contribution is 8.00. The third-order valence-electron chi connectivity index (χ3n) is 6.20. The van der Waals surface area contributed by atoms with Gasteiger partial charge in [0.1, 0.15) is 16.1 Å². The molecule has 3 aromatic rings. The SMILES string of the molecule is Cc1ccc2nccc(NC(=O)[C@]3(O)CC[C@@H](NCc4cc5c(nn4)SCC(=O)N5)CC3)c2n1. The summed E-state index contributed by atoms with van der Waals surface area (Å²) in [7, 11) is 0. The number of thioether (sulfide) groups is 1. The minimum absolute atomic E-state index is 0.0417. The number of nitrogens with zero attached hydrogens (tertiary/aromatic N) is 4. The quantitative estimate of drug-likeness (QED) is 0.433. The molecule has 0 aromatic carbocycles. The van der Waals surface area contributed by atoms with Crippen LogP contribution in [-0.2, 0) is 16.1 Å². The number of nitrogens with one attached hydrogen (secondary N) is 3. The fourth-order valence-electron chi connectivity index (χ4n) is 4.26. The summed E-state index contributed by atoms with van der Waals surface area (Å²) in [6.07, 6.45) is 3.59. The Morgan fingerprint density at radius 3 is 2.91 bits per heavy atom. The van der Waals surface area contributed by atoms with Gasteiger partial charge in [-0.2, -0.15) is 5.10 Å². The Morgan fingerprint density at radius 1 is 1.26 bits per heavy atom. The van der Waals surface area contributed by atoms with E-state index >= 15 is 0 Å². The Labute approximate surface area is 200 Å². The topological polar surface area (TPSA) is 142 Å². The van der Waals surface area contributed by atoms with Crippen molar-refractivity contribution in [3.63, 3.8) is 0 Å². The highest BCUT2D eigenvalue weighted by Crippen LogP contribution is 2.32. The van der Waals surface area contributed by atoms with Crippen LogP contribution in [0.3, 0.4) is 0 Å². The van der Waals surface area contributed by atoms with Crippen molar-refractivity contribution in [2.24, 2.45) is 0 Å². The zero-order valence-corrected chi connectivity index (χ0v) is 19.5. The van der Waals surface area contributed by atoms with Crippen molar-refractivity contribution >= 4 is 46.0 Å². The number of carbonyl (C=O) groups excluding carboxylic acids is 2. The minimum Gasteiger partial charge on any atom is -0.380 e. The Morgan fingerprint density at radius 2 is 2.09 bits per heavy atom. The molecule has 0 unspecified atom stereocenters. The molecular weight excluding hydrogens is 454 g/mol. The van der Waals surface area contributed by atoms with Crippen LogP contribution >= 0.6 is 11.8 Å². The van der Waals surface area contributed by atoms with E-state index in [1.807, 2.05) is 25.1 Å². The van der Waals surface area contributed by atoms with Crippen LogP contribution in [0.2, 0.25) is 0 Å². The van der Waals surface area contributed by atoms with Gasteiger partial charge < -0.3 is 21.1 Å². The fraction of sp³-hybridized carbons (Fsp3) is 0.391. The highest BCUT2D eigenvalue weighted by Gasteiger charge is 2.40. The first-order chi connectivity index (χ1) is 16.4. The molecule has 3 aromatic heterocycles. The van der Waals surface area contributed by atoms with Crippen LogP contribution in [-0.4, -0.2) is 54.5 Å². The Kier molecular flexibility index (Phi) is 6.15. The molecule has 1 aliphatic heterocycles. The van der Waals surface area contributed by atoms with E-state index in [2.05, 4.69) is 36.1 Å². The van der Waals surface area contributed by atoms with Crippen molar-refractivity contribution < 1.29 is 14.7 Å². The first-order valence-electron chi connectivity index (χ1n) is 11.2. The summed E-state index contributed by atoms with van der Waals surface area (Å²) in [5.74, 6) is -0.110. The molecule has 1 fully saturated rings. The second-order valence-corrected chi connectivity index (χ2v) is 9.68. The normalized spacial score (nSPS) is 22.2. The molecule has 0 saturated heterocycles. The summed E-state index contributed by atoms with van der Waals surface area (Å²) < 4.78 is 0. The van der Waals surface area contributed by atoms with Crippen LogP contribution in [0.25, 0.3) is 11.0 Å². The number of rotatable bonds is 5. The van der Waals surface area contributed by atoms with Gasteiger partial charge in [0.05, 0.1) is 28.3 Å². The maximum Gasteiger partial charge on any atom is 0.256 e. The van der Waals surface area contributed by atoms with Crippen LogP contribution in [0.15, 0.2) is 35.5 Å². The van der Waals surface area contributed by atoms with Gasteiger partial charge in [-0.25, -0.2) is 4.98 Å². The van der Waals surface area contributed by atoms with Crippen molar-refractivity contribution in [2.45, 2.75) is 55.8 Å². The Bertz CT molecular complexity index is 1260. The molecule has 0 radical (unpaired) electrons. The number of aromatic nitrogens is 4. The predicted molar refractivity (Wildman–Crippen MR) is 128 cm³/mol. The molecule has 0 spiro atoms. The average Bonchev–Trinajstić information content (AvgIpc) is 2.84. The number of pyridine rings is 2. The molecule has 5 rings (SSSR count). The highest BCUT2D eigenvalue weighted by atomic mass is 32.2. The van der Waals surface area contributed by atoms with Gasteiger partial charge >= 0.3 is 0 Å². The van der Waals surface area contributed by atoms with Gasteiger partial charge in [0, 0.05) is 24.5 Å². The van der Waals surface area contributed by atoms with E-state index in [1.165, 1.54) is 11.8 Å². The molecule has 0 bridgehead atoms. The molecule has 176 valence electrons. The number of hydrogen-bond donors (Lipinski definition) is 4. The summed E-state index contributed by atoms with van der Waals surface area (Å²) in [4.78, 5) is 33.4. The van der Waals surface area contributed by atoms with Gasteiger partial charge in [-0.1, -0.05) is 11.8 Å². The molecule has 4 heterocycles. The molecule has 4 N–H and O–H groups in total. The van der Waals surface area contributed by atoms with Crippen LogP contribution in [0.4, 0.5) is 11.4 Å². The number of carbonyl (C=O) groups is 2. The summed E-state index contributed by atoms with van der Waals surface area (Å²) in [5, 5.41) is 29.3. The first-order valence-corrected chi connectivity index (χ1v) is 12.2. The van der Waals surface area contributed by atoms with Gasteiger partial charge in [0.25, 0.3) is 5.91 Å². The molecule has 2 aliphatic rings. The maximum atomic E-state index is 13.0. The Hall–Kier alpha value is -3.15. The molecule has 11 heteroatoms. The number of aliphatic hydroxyl groups is 1. The van der Waals surface area contributed by atoms with E-state index < -0.39 is 11.5 Å². The third-order valence-corrected chi connectivity index (χ3v) is 7.18. The van der Waals surface area contributed by atoms with E-state index in [-0.39, 0.29) is 11.9 Å². The van der Waals surface area contributed by atoms with Crippen LogP contribution in [0.5, 0.6) is 0 Å². The molecule has 0 atom stereocenters. The Balaban J connectivity index is 1.18. The minimum atomic E-state index is -1.44. The zero-order chi connectivity index (χ0) is 23.7. The van der Waals surface area contributed by atoms with Gasteiger partial charge in [0.15, 0.2) is 0 Å². The van der Waals surface area contributed by atoms with Gasteiger partial charge in [-0.05, 0) is 56.9 Å². The summed E-state index contributed by atoms with van der Waals surface area (Å²) in [6, 6.07) is 7.40. The second kappa shape index (κ2) is 9.24. The fourth-order valence-corrected chi connectivity index (χ4v) is 4.97. The summed E-state index contributed by atoms with van der Waals surface area (Å²) >= 11 is 1.38. The molecule has 1 saturated carbocycles. The molecule has 1 aliphatic carbocycles. The van der Waals surface area contributed by atoms with Gasteiger partial charge in [0.2, 0.25) is 5.91 Å². The lowest BCUT2D eigenvalue weighted by Crippen LogP contribution is -2.48. The van der Waals surface area contributed by atoms with E-state index in [0.29, 0.717) is 60.4 Å². The predicted octanol–water partition coefficient (Wildman–Crippen LogP) is 2.17. The summed E-state index contributed by atoms with van der Waals surface area (Å²) in [5.41, 5.74) is 2.64. The zero-order valence-electron chi connectivity index (χ0n) is 18.7.